The van der Waals surface area contributed by atoms with Crippen LogP contribution < -0.4 is 0 Å². The van der Waals surface area contributed by atoms with Crippen LogP contribution in [0.1, 0.15) is 51.4 Å². The molecule has 2 atom stereocenters. The molecule has 0 aromatic heterocycles. The molecule has 0 radical (unpaired) electrons. The van der Waals surface area contributed by atoms with E-state index in [-0.39, 0.29) is 23.6 Å². The summed E-state index contributed by atoms with van der Waals surface area (Å²) >= 11 is 0. The fourth-order valence-electron chi connectivity index (χ4n) is 5.80. The summed E-state index contributed by atoms with van der Waals surface area (Å²) in [5.41, 5.74) is -0.809. The number of carboxylic acid groups (broad SMARTS) is 1. The molecule has 124 valence electrons. The van der Waals surface area contributed by atoms with E-state index in [9.17, 15) is 18.3 Å². The predicted molar refractivity (Wildman–Crippen MR) is 81.8 cm³/mol. The van der Waals surface area contributed by atoms with Crippen LogP contribution in [0, 0.1) is 22.7 Å². The van der Waals surface area contributed by atoms with Gasteiger partial charge in [-0.05, 0) is 62.2 Å². The Bertz CT molecular complexity index is 593. The van der Waals surface area contributed by atoms with Gasteiger partial charge in [-0.15, -0.1) is 0 Å². The van der Waals surface area contributed by atoms with Crippen LogP contribution in [-0.2, 0) is 14.8 Å². The lowest BCUT2D eigenvalue weighted by Gasteiger charge is -2.29. The van der Waals surface area contributed by atoms with E-state index in [2.05, 4.69) is 0 Å². The lowest BCUT2D eigenvalue weighted by Crippen LogP contribution is -2.40. The van der Waals surface area contributed by atoms with Crippen LogP contribution in [-0.4, -0.2) is 42.6 Å². The van der Waals surface area contributed by atoms with E-state index in [1.165, 1.54) is 17.1 Å². The number of aliphatic carboxylic acids is 1. The molecule has 2 bridgehead atoms. The van der Waals surface area contributed by atoms with E-state index in [4.69, 9.17) is 0 Å². The summed E-state index contributed by atoms with van der Waals surface area (Å²) in [6, 6.07) is 0. The Morgan fingerprint density at radius 2 is 1.91 bits per heavy atom. The lowest BCUT2D eigenvalue weighted by molar-refractivity contribution is -0.149. The summed E-state index contributed by atoms with van der Waals surface area (Å²) in [5.74, 6) is 0.196. The number of fused-ring (bicyclic) bond motifs is 3. The van der Waals surface area contributed by atoms with Gasteiger partial charge in [-0.3, -0.25) is 4.79 Å². The molecule has 4 aliphatic rings. The fourth-order valence-corrected chi connectivity index (χ4v) is 7.99. The molecule has 3 aliphatic carbocycles. The molecule has 0 spiro atoms. The average molecular weight is 327 g/mol. The normalized spacial score (nSPS) is 44.5. The quantitative estimate of drug-likeness (QED) is 0.858. The first kappa shape index (κ1) is 14.9. The molecule has 4 rings (SSSR count). The van der Waals surface area contributed by atoms with Crippen LogP contribution in [0.4, 0.5) is 0 Å². The van der Waals surface area contributed by atoms with E-state index >= 15 is 0 Å². The first-order chi connectivity index (χ1) is 10.4. The van der Waals surface area contributed by atoms with Gasteiger partial charge in [0.2, 0.25) is 10.0 Å². The zero-order chi connectivity index (χ0) is 15.6. The third-order valence-corrected chi connectivity index (χ3v) is 9.08. The standard InChI is InChI=1S/C16H25NO4S/c18-14(19)16-5-1-2-13(16)9-17(10-16)22(20,21)11-15-6-3-12(8-15)4-7-15/h12-13H,1-11H2,(H,18,19)/t12?,13-,15?,16+/m0/s1. The summed E-state index contributed by atoms with van der Waals surface area (Å²) in [7, 11) is -3.33. The minimum Gasteiger partial charge on any atom is -0.481 e. The van der Waals surface area contributed by atoms with Gasteiger partial charge in [-0.1, -0.05) is 6.42 Å². The van der Waals surface area contributed by atoms with Crippen LogP contribution in [0.25, 0.3) is 0 Å². The molecule has 1 N–H and O–H groups in total. The van der Waals surface area contributed by atoms with Crippen molar-refractivity contribution in [2.24, 2.45) is 22.7 Å². The van der Waals surface area contributed by atoms with Crippen molar-refractivity contribution in [3.63, 3.8) is 0 Å². The van der Waals surface area contributed by atoms with E-state index in [0.717, 1.165) is 38.0 Å². The third kappa shape index (κ3) is 2.06. The maximum Gasteiger partial charge on any atom is 0.311 e. The first-order valence-corrected chi connectivity index (χ1v) is 10.2. The van der Waals surface area contributed by atoms with Crippen LogP contribution in [0.3, 0.4) is 0 Å². The smallest absolute Gasteiger partial charge is 0.311 e. The van der Waals surface area contributed by atoms with Crippen LogP contribution in [0.5, 0.6) is 0 Å². The molecule has 1 aliphatic heterocycles. The van der Waals surface area contributed by atoms with Crippen molar-refractivity contribution in [3.8, 4) is 0 Å². The highest BCUT2D eigenvalue weighted by Crippen LogP contribution is 2.56. The Morgan fingerprint density at radius 3 is 2.45 bits per heavy atom. The molecule has 4 fully saturated rings. The van der Waals surface area contributed by atoms with Gasteiger partial charge in [-0.2, -0.15) is 0 Å². The minimum atomic E-state index is -3.33. The maximum atomic E-state index is 12.9. The van der Waals surface area contributed by atoms with Gasteiger partial charge in [-0.25, -0.2) is 12.7 Å². The number of hydrogen-bond acceptors (Lipinski definition) is 3. The van der Waals surface area contributed by atoms with Crippen LogP contribution in [0.2, 0.25) is 0 Å². The Hall–Kier alpha value is -0.620. The van der Waals surface area contributed by atoms with Crippen LogP contribution in [0.15, 0.2) is 0 Å². The first-order valence-electron chi connectivity index (χ1n) is 8.57. The zero-order valence-electron chi connectivity index (χ0n) is 13.0. The Morgan fingerprint density at radius 1 is 1.18 bits per heavy atom. The number of sulfonamides is 1. The van der Waals surface area contributed by atoms with Crippen molar-refractivity contribution in [1.82, 2.24) is 4.31 Å². The van der Waals surface area contributed by atoms with Gasteiger partial charge in [0.1, 0.15) is 0 Å². The van der Waals surface area contributed by atoms with Crippen LogP contribution >= 0.6 is 0 Å². The highest BCUT2D eigenvalue weighted by molar-refractivity contribution is 7.89. The second-order valence-electron chi connectivity index (χ2n) is 8.25. The van der Waals surface area contributed by atoms with E-state index in [1.54, 1.807) is 0 Å². The average Bonchev–Trinajstić information content (AvgIpc) is 3.15. The fraction of sp³-hybridized carbons (Fsp3) is 0.938. The van der Waals surface area contributed by atoms with Gasteiger partial charge in [0, 0.05) is 13.1 Å². The van der Waals surface area contributed by atoms with Crippen molar-refractivity contribution < 1.29 is 18.3 Å². The number of nitrogens with zero attached hydrogens (tertiary/aromatic N) is 1. The molecule has 1 saturated heterocycles. The second kappa shape index (κ2) is 4.69. The Kier molecular flexibility index (Phi) is 3.19. The molecule has 1 heterocycles. The summed E-state index contributed by atoms with van der Waals surface area (Å²) in [5, 5.41) is 9.62. The Labute approximate surface area is 132 Å². The number of hydrogen-bond donors (Lipinski definition) is 1. The summed E-state index contributed by atoms with van der Waals surface area (Å²) in [4.78, 5) is 11.7. The third-order valence-electron chi connectivity index (χ3n) is 7.03. The molecule has 5 nitrogen and oxygen atoms in total. The topological polar surface area (TPSA) is 74.7 Å². The van der Waals surface area contributed by atoms with E-state index < -0.39 is 21.4 Å². The van der Waals surface area contributed by atoms with Gasteiger partial charge in [0.25, 0.3) is 0 Å². The molecule has 0 amide bonds. The van der Waals surface area contributed by atoms with Gasteiger partial charge in [0.05, 0.1) is 11.2 Å². The number of rotatable bonds is 4. The maximum absolute atomic E-state index is 12.9. The second-order valence-corrected chi connectivity index (χ2v) is 10.2. The predicted octanol–water partition coefficient (Wildman–Crippen LogP) is 2.08. The Balaban J connectivity index is 1.54. The van der Waals surface area contributed by atoms with Gasteiger partial charge >= 0.3 is 5.97 Å². The highest BCUT2D eigenvalue weighted by Gasteiger charge is 2.58. The van der Waals surface area contributed by atoms with Crippen molar-refractivity contribution in [2.45, 2.75) is 51.4 Å². The summed E-state index contributed by atoms with van der Waals surface area (Å²) < 4.78 is 27.3. The summed E-state index contributed by atoms with van der Waals surface area (Å²) in [6.45, 7) is 0.628. The van der Waals surface area contributed by atoms with Crippen molar-refractivity contribution in [2.75, 3.05) is 18.8 Å². The van der Waals surface area contributed by atoms with Crippen molar-refractivity contribution >= 4 is 16.0 Å². The minimum absolute atomic E-state index is 0.00239. The van der Waals surface area contributed by atoms with Crippen molar-refractivity contribution in [3.05, 3.63) is 0 Å². The van der Waals surface area contributed by atoms with Gasteiger partial charge in [0.15, 0.2) is 0 Å². The molecule has 0 aromatic carbocycles. The van der Waals surface area contributed by atoms with E-state index in [0.29, 0.717) is 13.0 Å². The number of carboxylic acids is 1. The van der Waals surface area contributed by atoms with E-state index in [1.807, 2.05) is 0 Å². The molecular formula is C16H25NO4S. The number of carbonyl (C=O) groups is 1. The van der Waals surface area contributed by atoms with Crippen molar-refractivity contribution in [1.29, 1.82) is 0 Å². The summed E-state index contributed by atoms with van der Waals surface area (Å²) in [6.07, 6.45) is 7.90. The molecular weight excluding hydrogens is 302 g/mol. The molecule has 0 unspecified atom stereocenters. The molecule has 22 heavy (non-hydrogen) atoms. The molecule has 0 aromatic rings. The van der Waals surface area contributed by atoms with Gasteiger partial charge < -0.3 is 5.11 Å². The lowest BCUT2D eigenvalue weighted by atomic mass is 9.81. The highest BCUT2D eigenvalue weighted by atomic mass is 32.2. The largest absolute Gasteiger partial charge is 0.481 e. The monoisotopic (exact) mass is 327 g/mol. The molecule has 3 saturated carbocycles. The zero-order valence-corrected chi connectivity index (χ0v) is 13.8. The SMILES string of the molecule is O=C(O)[C@@]12CCC[C@H]1CN(S(=O)(=O)CC13CCC(CC1)C3)C2. The molecule has 6 heteroatoms.